The van der Waals surface area contributed by atoms with Gasteiger partial charge in [0.25, 0.3) is 0 Å². The van der Waals surface area contributed by atoms with Gasteiger partial charge in [-0.2, -0.15) is 0 Å². The molecule has 19 heavy (non-hydrogen) atoms. The summed E-state index contributed by atoms with van der Waals surface area (Å²) in [6, 6.07) is 7.54. The summed E-state index contributed by atoms with van der Waals surface area (Å²) in [5.41, 5.74) is 6.45. The van der Waals surface area contributed by atoms with Crippen molar-refractivity contribution in [3.05, 3.63) is 42.5 Å². The summed E-state index contributed by atoms with van der Waals surface area (Å²) in [5.74, 6) is 1.97. The highest BCUT2D eigenvalue weighted by molar-refractivity contribution is 5.43. The molecule has 0 saturated heterocycles. The van der Waals surface area contributed by atoms with Crippen LogP contribution in [0.5, 0.6) is 5.75 Å². The fraction of sp³-hybridized carbons (Fsp3) is 0.357. The normalized spacial score (nSPS) is 15.2. The summed E-state index contributed by atoms with van der Waals surface area (Å²) >= 11 is 0. The minimum Gasteiger partial charge on any atom is -0.492 e. The molecular formula is C14H18N4O. The van der Waals surface area contributed by atoms with E-state index >= 15 is 0 Å². The Morgan fingerprint density at radius 3 is 3.16 bits per heavy atom. The van der Waals surface area contributed by atoms with Gasteiger partial charge in [-0.15, -0.1) is 0 Å². The molecule has 1 aromatic carbocycles. The predicted molar refractivity (Wildman–Crippen MR) is 73.9 cm³/mol. The minimum atomic E-state index is 0.671. The maximum atomic E-state index is 5.71. The SMILES string of the molecule is Nc1cccc(OCCN2CCn3ccnc3C2)c1. The van der Waals surface area contributed by atoms with Crippen LogP contribution in [0.1, 0.15) is 5.82 Å². The highest BCUT2D eigenvalue weighted by Gasteiger charge is 2.15. The lowest BCUT2D eigenvalue weighted by atomic mass is 10.3. The van der Waals surface area contributed by atoms with Crippen LogP contribution in [-0.2, 0) is 13.1 Å². The molecule has 0 radical (unpaired) electrons. The Balaban J connectivity index is 1.49. The number of fused-ring (bicyclic) bond motifs is 1. The zero-order chi connectivity index (χ0) is 13.1. The quantitative estimate of drug-likeness (QED) is 0.841. The Kier molecular flexibility index (Phi) is 3.37. The number of rotatable bonds is 4. The Hall–Kier alpha value is -2.01. The van der Waals surface area contributed by atoms with Crippen LogP contribution in [0.25, 0.3) is 0 Å². The molecule has 5 nitrogen and oxygen atoms in total. The van der Waals surface area contributed by atoms with E-state index in [0.717, 1.165) is 43.4 Å². The number of imidazole rings is 1. The molecule has 2 heterocycles. The van der Waals surface area contributed by atoms with Gasteiger partial charge in [-0.05, 0) is 12.1 Å². The van der Waals surface area contributed by atoms with E-state index in [1.54, 1.807) is 0 Å². The molecule has 0 atom stereocenters. The van der Waals surface area contributed by atoms with Gasteiger partial charge in [0.2, 0.25) is 0 Å². The molecule has 0 bridgehead atoms. The van der Waals surface area contributed by atoms with Crippen molar-refractivity contribution in [2.24, 2.45) is 0 Å². The lowest BCUT2D eigenvalue weighted by Gasteiger charge is -2.27. The van der Waals surface area contributed by atoms with Crippen LogP contribution in [0.4, 0.5) is 5.69 Å². The fourth-order valence-electron chi connectivity index (χ4n) is 2.31. The van der Waals surface area contributed by atoms with E-state index in [0.29, 0.717) is 6.61 Å². The van der Waals surface area contributed by atoms with Gasteiger partial charge in [0.1, 0.15) is 18.2 Å². The summed E-state index contributed by atoms with van der Waals surface area (Å²) in [7, 11) is 0. The highest BCUT2D eigenvalue weighted by atomic mass is 16.5. The molecule has 0 amide bonds. The van der Waals surface area contributed by atoms with Crippen molar-refractivity contribution in [2.45, 2.75) is 13.1 Å². The molecule has 3 rings (SSSR count). The van der Waals surface area contributed by atoms with E-state index in [1.165, 1.54) is 0 Å². The number of hydrogen-bond acceptors (Lipinski definition) is 4. The van der Waals surface area contributed by atoms with Crippen LogP contribution in [-0.4, -0.2) is 34.1 Å². The number of nitrogen functional groups attached to an aromatic ring is 1. The van der Waals surface area contributed by atoms with Gasteiger partial charge in [0.15, 0.2) is 0 Å². The summed E-state index contributed by atoms with van der Waals surface area (Å²) in [5, 5.41) is 0. The van der Waals surface area contributed by atoms with Gasteiger partial charge in [-0.1, -0.05) is 6.07 Å². The van der Waals surface area contributed by atoms with Crippen LogP contribution in [0, 0.1) is 0 Å². The fourth-order valence-corrected chi connectivity index (χ4v) is 2.31. The minimum absolute atomic E-state index is 0.671. The average molecular weight is 258 g/mol. The molecular weight excluding hydrogens is 240 g/mol. The van der Waals surface area contributed by atoms with Gasteiger partial charge in [0.05, 0.1) is 6.54 Å². The monoisotopic (exact) mass is 258 g/mol. The van der Waals surface area contributed by atoms with Crippen LogP contribution in [0.2, 0.25) is 0 Å². The van der Waals surface area contributed by atoms with Crippen LogP contribution in [0.15, 0.2) is 36.7 Å². The number of nitrogens with zero attached hydrogens (tertiary/aromatic N) is 3. The Labute approximate surface area is 112 Å². The highest BCUT2D eigenvalue weighted by Crippen LogP contribution is 2.15. The van der Waals surface area contributed by atoms with Crippen LogP contribution < -0.4 is 10.5 Å². The van der Waals surface area contributed by atoms with E-state index in [9.17, 15) is 0 Å². The van der Waals surface area contributed by atoms with E-state index in [-0.39, 0.29) is 0 Å². The molecule has 0 unspecified atom stereocenters. The largest absolute Gasteiger partial charge is 0.492 e. The third kappa shape index (κ3) is 2.88. The first-order valence-electron chi connectivity index (χ1n) is 6.52. The first-order chi connectivity index (χ1) is 9.31. The molecule has 2 aromatic rings. The van der Waals surface area contributed by atoms with Crippen molar-refractivity contribution < 1.29 is 4.74 Å². The van der Waals surface area contributed by atoms with Crippen molar-refractivity contribution in [1.82, 2.24) is 14.5 Å². The van der Waals surface area contributed by atoms with Crippen molar-refractivity contribution in [3.8, 4) is 5.75 Å². The van der Waals surface area contributed by atoms with Crippen molar-refractivity contribution >= 4 is 5.69 Å². The second-order valence-corrected chi connectivity index (χ2v) is 4.73. The molecule has 5 heteroatoms. The number of aromatic nitrogens is 2. The Morgan fingerprint density at radius 1 is 1.32 bits per heavy atom. The van der Waals surface area contributed by atoms with Crippen LogP contribution in [0.3, 0.4) is 0 Å². The van der Waals surface area contributed by atoms with Gasteiger partial charge in [0, 0.05) is 43.8 Å². The Bertz CT molecular complexity index is 552. The molecule has 0 fully saturated rings. The smallest absolute Gasteiger partial charge is 0.122 e. The van der Waals surface area contributed by atoms with Crippen molar-refractivity contribution in [3.63, 3.8) is 0 Å². The van der Waals surface area contributed by atoms with Gasteiger partial charge >= 0.3 is 0 Å². The molecule has 0 aliphatic carbocycles. The molecule has 100 valence electrons. The van der Waals surface area contributed by atoms with Gasteiger partial charge < -0.3 is 15.0 Å². The van der Waals surface area contributed by atoms with Crippen molar-refractivity contribution in [2.75, 3.05) is 25.4 Å². The number of anilines is 1. The molecule has 0 spiro atoms. The van der Waals surface area contributed by atoms with Gasteiger partial charge in [-0.25, -0.2) is 4.98 Å². The third-order valence-electron chi connectivity index (χ3n) is 3.36. The van der Waals surface area contributed by atoms with E-state index in [1.807, 2.05) is 36.7 Å². The number of benzene rings is 1. The zero-order valence-electron chi connectivity index (χ0n) is 10.8. The number of nitrogens with two attached hydrogens (primary N) is 1. The molecule has 2 N–H and O–H groups in total. The maximum absolute atomic E-state index is 5.71. The number of ether oxygens (including phenoxy) is 1. The molecule has 1 aliphatic heterocycles. The first-order valence-corrected chi connectivity index (χ1v) is 6.52. The second-order valence-electron chi connectivity index (χ2n) is 4.73. The summed E-state index contributed by atoms with van der Waals surface area (Å²) in [6.07, 6.45) is 3.90. The molecule has 0 saturated carbocycles. The lowest BCUT2D eigenvalue weighted by molar-refractivity contribution is 0.175. The van der Waals surface area contributed by atoms with E-state index in [4.69, 9.17) is 10.5 Å². The molecule has 1 aromatic heterocycles. The lowest BCUT2D eigenvalue weighted by Crippen LogP contribution is -2.36. The van der Waals surface area contributed by atoms with Crippen LogP contribution >= 0.6 is 0 Å². The zero-order valence-corrected chi connectivity index (χ0v) is 10.8. The third-order valence-corrected chi connectivity index (χ3v) is 3.36. The Morgan fingerprint density at radius 2 is 2.26 bits per heavy atom. The first kappa shape index (κ1) is 12.0. The van der Waals surface area contributed by atoms with E-state index < -0.39 is 0 Å². The molecule has 1 aliphatic rings. The summed E-state index contributed by atoms with van der Waals surface area (Å²) < 4.78 is 7.91. The second kappa shape index (κ2) is 5.32. The predicted octanol–water partition coefficient (Wildman–Crippen LogP) is 1.36. The maximum Gasteiger partial charge on any atom is 0.122 e. The topological polar surface area (TPSA) is 56.3 Å². The standard InChI is InChI=1S/C14H18N4O/c15-12-2-1-3-13(10-12)19-9-8-17-6-7-18-5-4-16-14(18)11-17/h1-5,10H,6-9,11,15H2. The van der Waals surface area contributed by atoms with Crippen molar-refractivity contribution in [1.29, 1.82) is 0 Å². The van der Waals surface area contributed by atoms with E-state index in [2.05, 4.69) is 14.5 Å². The van der Waals surface area contributed by atoms with Gasteiger partial charge in [-0.3, -0.25) is 4.90 Å². The average Bonchev–Trinajstić information content (AvgIpc) is 2.86. The summed E-state index contributed by atoms with van der Waals surface area (Å²) in [4.78, 5) is 6.70. The number of hydrogen-bond donors (Lipinski definition) is 1. The summed E-state index contributed by atoms with van der Waals surface area (Å²) in [6.45, 7) is 4.52.